The maximum Gasteiger partial charge on any atom is 0.364 e. The lowest BCUT2D eigenvalue weighted by molar-refractivity contribution is -0.141. The van der Waals surface area contributed by atoms with Crippen molar-refractivity contribution >= 4 is 23.4 Å². The lowest BCUT2D eigenvalue weighted by Crippen LogP contribution is -2.25. The Morgan fingerprint density at radius 2 is 1.79 bits per heavy atom. The van der Waals surface area contributed by atoms with E-state index in [9.17, 15) is 14.4 Å². The Labute approximate surface area is 80.9 Å². The Hall–Kier alpha value is -1.72. The lowest BCUT2D eigenvalue weighted by Gasteiger charge is -2.00. The average Bonchev–Trinajstić information content (AvgIpc) is 2.03. The first-order chi connectivity index (χ1) is 6.49. The van der Waals surface area contributed by atoms with Crippen LogP contribution in [0.25, 0.3) is 0 Å². The summed E-state index contributed by atoms with van der Waals surface area (Å²) in [6.45, 7) is 3.93. The van der Waals surface area contributed by atoms with Crippen molar-refractivity contribution in [3.63, 3.8) is 0 Å². The van der Waals surface area contributed by atoms with E-state index in [1.807, 2.05) is 0 Å². The largest absolute Gasteiger partial charge is 0.461 e. The van der Waals surface area contributed by atoms with Crippen molar-refractivity contribution in [1.82, 2.24) is 0 Å². The molecule has 0 saturated carbocycles. The van der Waals surface area contributed by atoms with Crippen LogP contribution in [0, 0.1) is 0 Å². The molecule has 0 aliphatic rings. The highest BCUT2D eigenvalue weighted by atomic mass is 16.7. The fourth-order valence-electron chi connectivity index (χ4n) is 0.555. The third-order valence-corrected chi connectivity index (χ3v) is 1.07. The van der Waals surface area contributed by atoms with Crippen molar-refractivity contribution in [2.75, 3.05) is 6.61 Å². The Bertz CT molecular complexity index is 281. The number of carbonyl (C=O) groups excluding carboxylic acids is 3. The summed E-state index contributed by atoms with van der Waals surface area (Å²) in [6.07, 6.45) is 0. The number of rotatable bonds is 4. The molecule has 78 valence electrons. The van der Waals surface area contributed by atoms with E-state index in [0.29, 0.717) is 0 Å². The third kappa shape index (κ3) is 4.34. The van der Waals surface area contributed by atoms with Gasteiger partial charge in [0.15, 0.2) is 5.78 Å². The van der Waals surface area contributed by atoms with Gasteiger partial charge in [-0.05, 0) is 6.92 Å². The van der Waals surface area contributed by atoms with Crippen molar-refractivity contribution in [2.24, 2.45) is 5.16 Å². The molecular weight excluding hydrogens is 190 g/mol. The molecule has 6 heteroatoms. The van der Waals surface area contributed by atoms with Crippen LogP contribution < -0.4 is 0 Å². The fourth-order valence-corrected chi connectivity index (χ4v) is 0.555. The Morgan fingerprint density at radius 1 is 1.21 bits per heavy atom. The minimum atomic E-state index is -0.902. The van der Waals surface area contributed by atoms with Crippen LogP contribution in [0.15, 0.2) is 5.16 Å². The standard InChI is InChI=1S/C8H11NO5/c1-4-13-8(12)7(5(2)10)9-14-6(3)11/h4H2,1-3H3/b9-7-. The highest BCUT2D eigenvalue weighted by Crippen LogP contribution is 1.90. The SMILES string of the molecule is CCOC(=O)/C(=N\OC(C)=O)C(C)=O. The molecule has 0 fully saturated rings. The predicted molar refractivity (Wildman–Crippen MR) is 46.5 cm³/mol. The molecule has 6 nitrogen and oxygen atoms in total. The summed E-state index contributed by atoms with van der Waals surface area (Å²) < 4.78 is 4.52. The van der Waals surface area contributed by atoms with Gasteiger partial charge in [0.25, 0.3) is 0 Å². The number of oxime groups is 1. The molecule has 0 spiro atoms. The maximum absolute atomic E-state index is 11.0. The van der Waals surface area contributed by atoms with E-state index in [0.717, 1.165) is 13.8 Å². The number of Topliss-reactive ketones (excluding diaryl/α,β-unsaturated/α-hetero) is 1. The van der Waals surface area contributed by atoms with Crippen LogP contribution in [0.2, 0.25) is 0 Å². The molecule has 0 aromatic carbocycles. The van der Waals surface area contributed by atoms with Gasteiger partial charge in [0, 0.05) is 13.8 Å². The summed E-state index contributed by atoms with van der Waals surface area (Å²) >= 11 is 0. The first-order valence-corrected chi connectivity index (χ1v) is 3.92. The van der Waals surface area contributed by atoms with Gasteiger partial charge >= 0.3 is 11.9 Å². The van der Waals surface area contributed by atoms with Crippen molar-refractivity contribution in [2.45, 2.75) is 20.8 Å². The van der Waals surface area contributed by atoms with Gasteiger partial charge in [-0.2, -0.15) is 0 Å². The van der Waals surface area contributed by atoms with E-state index >= 15 is 0 Å². The van der Waals surface area contributed by atoms with Crippen LogP contribution in [0.5, 0.6) is 0 Å². The van der Waals surface area contributed by atoms with Gasteiger partial charge in [0.05, 0.1) is 6.61 Å². The predicted octanol–water partition coefficient (Wildman–Crippen LogP) is 0.0576. The molecule has 0 aromatic heterocycles. The summed E-state index contributed by atoms with van der Waals surface area (Å²) in [4.78, 5) is 36.4. The number of hydrogen-bond donors (Lipinski definition) is 0. The summed E-state index contributed by atoms with van der Waals surface area (Å²) in [5, 5.41) is 3.08. The zero-order chi connectivity index (χ0) is 11.1. The zero-order valence-electron chi connectivity index (χ0n) is 8.20. The Morgan fingerprint density at radius 3 is 2.14 bits per heavy atom. The molecule has 0 atom stereocenters. The second-order valence-corrected chi connectivity index (χ2v) is 2.30. The van der Waals surface area contributed by atoms with E-state index in [-0.39, 0.29) is 6.61 Å². The summed E-state index contributed by atoms with van der Waals surface area (Å²) in [5.41, 5.74) is -0.526. The smallest absolute Gasteiger partial charge is 0.364 e. The number of esters is 1. The van der Waals surface area contributed by atoms with Crippen LogP contribution in [-0.4, -0.2) is 30.0 Å². The monoisotopic (exact) mass is 201 g/mol. The molecule has 0 heterocycles. The highest BCUT2D eigenvalue weighted by Gasteiger charge is 2.19. The average molecular weight is 201 g/mol. The minimum Gasteiger partial charge on any atom is -0.461 e. The minimum absolute atomic E-state index is 0.116. The molecule has 0 aliphatic heterocycles. The third-order valence-electron chi connectivity index (χ3n) is 1.07. The molecular formula is C8H11NO5. The first-order valence-electron chi connectivity index (χ1n) is 3.92. The van der Waals surface area contributed by atoms with Gasteiger partial charge in [-0.1, -0.05) is 5.16 Å². The van der Waals surface area contributed by atoms with E-state index in [4.69, 9.17) is 0 Å². The van der Waals surface area contributed by atoms with Crippen molar-refractivity contribution in [3.05, 3.63) is 0 Å². The van der Waals surface area contributed by atoms with Crippen LogP contribution in [-0.2, 0) is 24.0 Å². The van der Waals surface area contributed by atoms with Crippen molar-refractivity contribution < 1.29 is 24.0 Å². The Kier molecular flexibility index (Phi) is 5.13. The van der Waals surface area contributed by atoms with Crippen LogP contribution in [0.4, 0.5) is 0 Å². The van der Waals surface area contributed by atoms with Gasteiger partial charge in [-0.3, -0.25) is 4.79 Å². The van der Waals surface area contributed by atoms with E-state index in [2.05, 4.69) is 14.7 Å². The van der Waals surface area contributed by atoms with Crippen molar-refractivity contribution in [1.29, 1.82) is 0 Å². The normalized spacial score (nSPS) is 10.6. The molecule has 0 bridgehead atoms. The number of hydrogen-bond acceptors (Lipinski definition) is 6. The van der Waals surface area contributed by atoms with Gasteiger partial charge in [0.1, 0.15) is 0 Å². The van der Waals surface area contributed by atoms with Gasteiger partial charge in [0.2, 0.25) is 5.71 Å². The van der Waals surface area contributed by atoms with Gasteiger partial charge in [-0.25, -0.2) is 9.59 Å². The van der Waals surface area contributed by atoms with Crippen LogP contribution >= 0.6 is 0 Å². The molecule has 14 heavy (non-hydrogen) atoms. The summed E-state index contributed by atoms with van der Waals surface area (Å²) in [5.74, 6) is -2.24. The topological polar surface area (TPSA) is 82.0 Å². The van der Waals surface area contributed by atoms with E-state index in [1.165, 1.54) is 0 Å². The number of carbonyl (C=O) groups is 3. The number of nitrogens with zero attached hydrogens (tertiary/aromatic N) is 1. The fraction of sp³-hybridized carbons (Fsp3) is 0.500. The second-order valence-electron chi connectivity index (χ2n) is 2.30. The van der Waals surface area contributed by atoms with Gasteiger partial charge in [-0.15, -0.1) is 0 Å². The Balaban J connectivity index is 4.59. The van der Waals surface area contributed by atoms with E-state index < -0.39 is 23.4 Å². The van der Waals surface area contributed by atoms with Crippen LogP contribution in [0.3, 0.4) is 0 Å². The molecule has 0 rings (SSSR count). The van der Waals surface area contributed by atoms with Gasteiger partial charge < -0.3 is 9.57 Å². The lowest BCUT2D eigenvalue weighted by atomic mass is 10.3. The number of ketones is 1. The second kappa shape index (κ2) is 5.85. The summed E-state index contributed by atoms with van der Waals surface area (Å²) in [6, 6.07) is 0. The molecule has 0 N–H and O–H groups in total. The quantitative estimate of drug-likeness (QED) is 0.211. The molecule has 0 unspecified atom stereocenters. The molecule has 0 saturated heterocycles. The van der Waals surface area contributed by atoms with Crippen molar-refractivity contribution in [3.8, 4) is 0 Å². The van der Waals surface area contributed by atoms with Crippen LogP contribution in [0.1, 0.15) is 20.8 Å². The summed E-state index contributed by atoms with van der Waals surface area (Å²) in [7, 11) is 0. The molecule has 0 aliphatic carbocycles. The first kappa shape index (κ1) is 12.3. The molecule has 0 aromatic rings. The number of ether oxygens (including phenoxy) is 1. The molecule has 0 amide bonds. The molecule has 0 radical (unpaired) electrons. The maximum atomic E-state index is 11.0. The highest BCUT2D eigenvalue weighted by molar-refractivity contribution is 6.63. The van der Waals surface area contributed by atoms with E-state index in [1.54, 1.807) is 6.92 Å². The zero-order valence-corrected chi connectivity index (χ0v) is 8.20.